The number of aromatic nitrogens is 4. The van der Waals surface area contributed by atoms with Crippen LogP contribution in [0.4, 0.5) is 17.5 Å². The summed E-state index contributed by atoms with van der Waals surface area (Å²) in [6, 6.07) is 3.89. The van der Waals surface area contributed by atoms with Gasteiger partial charge in [-0.05, 0) is 50.7 Å². The summed E-state index contributed by atoms with van der Waals surface area (Å²) >= 11 is 0. The molecule has 1 aliphatic rings. The lowest BCUT2D eigenvalue weighted by atomic mass is 9.82. The lowest BCUT2D eigenvalue weighted by molar-refractivity contribution is 0.122. The lowest BCUT2D eigenvalue weighted by Crippen LogP contribution is -2.22. The Balaban J connectivity index is 1.72. The number of fused-ring (bicyclic) bond motifs is 1. The number of rotatable bonds is 7. The van der Waals surface area contributed by atoms with Crippen molar-refractivity contribution in [1.29, 1.82) is 0 Å². The van der Waals surface area contributed by atoms with Crippen molar-refractivity contribution in [2.75, 3.05) is 24.4 Å². The number of ether oxygens (including phenoxy) is 1. The first kappa shape index (κ1) is 20.4. The molecule has 1 aliphatic carbocycles. The van der Waals surface area contributed by atoms with Crippen LogP contribution in [0.3, 0.4) is 0 Å². The molecule has 3 heterocycles. The zero-order valence-electron chi connectivity index (χ0n) is 17.4. The number of aliphatic hydroxyl groups is 1. The monoisotopic (exact) mass is 408 g/mol. The van der Waals surface area contributed by atoms with Gasteiger partial charge in [0.1, 0.15) is 5.82 Å². The van der Waals surface area contributed by atoms with Crippen LogP contribution in [-0.4, -0.2) is 50.9 Å². The molecular formula is C22H28N6O2. The van der Waals surface area contributed by atoms with Gasteiger partial charge in [-0.15, -0.1) is 0 Å². The van der Waals surface area contributed by atoms with Gasteiger partial charge in [-0.25, -0.2) is 15.0 Å². The Kier molecular flexibility index (Phi) is 6.35. The molecule has 0 aromatic carbocycles. The van der Waals surface area contributed by atoms with Crippen molar-refractivity contribution in [1.82, 2.24) is 19.9 Å². The topological polar surface area (TPSA) is 105 Å². The highest BCUT2D eigenvalue weighted by Crippen LogP contribution is 2.37. The summed E-state index contributed by atoms with van der Waals surface area (Å²) in [7, 11) is 1.68. The van der Waals surface area contributed by atoms with Gasteiger partial charge >= 0.3 is 0 Å². The molecule has 1 atom stereocenters. The maximum Gasteiger partial charge on any atom is 0.223 e. The Morgan fingerprint density at radius 2 is 1.90 bits per heavy atom. The second-order valence-electron chi connectivity index (χ2n) is 7.89. The Labute approximate surface area is 176 Å². The van der Waals surface area contributed by atoms with E-state index in [0.29, 0.717) is 24.3 Å². The molecule has 0 saturated heterocycles. The van der Waals surface area contributed by atoms with Crippen LogP contribution in [0.5, 0.6) is 0 Å². The van der Waals surface area contributed by atoms with Crippen molar-refractivity contribution in [3.8, 4) is 0 Å². The predicted octanol–water partition coefficient (Wildman–Crippen LogP) is 3.63. The average Bonchev–Trinajstić information content (AvgIpc) is 2.75. The first-order valence-corrected chi connectivity index (χ1v) is 10.4. The number of hydrogen-bond acceptors (Lipinski definition) is 8. The number of methoxy groups -OCH3 is 1. The number of pyridine rings is 2. The van der Waals surface area contributed by atoms with E-state index >= 15 is 0 Å². The van der Waals surface area contributed by atoms with E-state index < -0.39 is 0 Å². The molecule has 0 unspecified atom stereocenters. The maximum atomic E-state index is 9.91. The minimum absolute atomic E-state index is 0.0944. The van der Waals surface area contributed by atoms with Crippen LogP contribution in [-0.2, 0) is 4.74 Å². The zero-order valence-corrected chi connectivity index (χ0v) is 17.4. The standard InChI is InChI=1S/C22H28N6O2/c1-14(13-30-2)26-22-25-12-19-20(28-22)18(15-3-5-17(29)6-4-15)11-24-21(19)27-16-7-9-23-10-8-16/h7-12,14-15,17,29H,3-6,13H2,1-2H3,(H,23,24,27)(H,25,26,28)/t14-,15-,17-/m0/s1. The molecule has 0 bridgehead atoms. The van der Waals surface area contributed by atoms with E-state index in [2.05, 4.69) is 20.6 Å². The number of hydrogen-bond donors (Lipinski definition) is 3. The van der Waals surface area contributed by atoms with Gasteiger partial charge in [0.15, 0.2) is 0 Å². The molecule has 0 radical (unpaired) electrons. The molecule has 0 amide bonds. The Bertz CT molecular complexity index is 976. The van der Waals surface area contributed by atoms with E-state index in [1.807, 2.05) is 31.5 Å². The van der Waals surface area contributed by atoms with E-state index in [9.17, 15) is 5.11 Å². The van der Waals surface area contributed by atoms with Gasteiger partial charge < -0.3 is 20.5 Å². The average molecular weight is 409 g/mol. The second kappa shape index (κ2) is 9.32. The number of aliphatic hydroxyl groups excluding tert-OH is 1. The minimum atomic E-state index is -0.199. The Hall–Kier alpha value is -2.84. The summed E-state index contributed by atoms with van der Waals surface area (Å²) in [5.74, 6) is 1.62. The fourth-order valence-electron chi connectivity index (χ4n) is 3.98. The van der Waals surface area contributed by atoms with Crippen LogP contribution in [0.2, 0.25) is 0 Å². The van der Waals surface area contributed by atoms with Gasteiger partial charge in [-0.3, -0.25) is 4.98 Å². The summed E-state index contributed by atoms with van der Waals surface area (Å²) in [6.45, 7) is 2.60. The van der Waals surface area contributed by atoms with Crippen LogP contribution in [0.1, 0.15) is 44.1 Å². The third-order valence-electron chi connectivity index (χ3n) is 5.52. The number of anilines is 3. The van der Waals surface area contributed by atoms with E-state index in [1.165, 1.54) is 0 Å². The van der Waals surface area contributed by atoms with Crippen molar-refractivity contribution in [2.24, 2.45) is 0 Å². The van der Waals surface area contributed by atoms with Crippen LogP contribution in [0.25, 0.3) is 10.9 Å². The van der Waals surface area contributed by atoms with E-state index in [0.717, 1.165) is 47.8 Å². The molecule has 3 N–H and O–H groups in total. The molecule has 1 fully saturated rings. The molecule has 1 saturated carbocycles. The zero-order chi connectivity index (χ0) is 20.9. The number of nitrogens with one attached hydrogen (secondary N) is 2. The van der Waals surface area contributed by atoms with Crippen LogP contribution in [0.15, 0.2) is 36.9 Å². The lowest BCUT2D eigenvalue weighted by Gasteiger charge is -2.26. The van der Waals surface area contributed by atoms with Gasteiger partial charge in [0.25, 0.3) is 0 Å². The van der Waals surface area contributed by atoms with Gasteiger partial charge in [0.2, 0.25) is 5.95 Å². The smallest absolute Gasteiger partial charge is 0.223 e. The van der Waals surface area contributed by atoms with Crippen molar-refractivity contribution < 1.29 is 9.84 Å². The van der Waals surface area contributed by atoms with Gasteiger partial charge in [-0.2, -0.15) is 0 Å². The fourth-order valence-corrected chi connectivity index (χ4v) is 3.98. The number of nitrogens with zero attached hydrogens (tertiary/aromatic N) is 4. The highest BCUT2D eigenvalue weighted by Gasteiger charge is 2.24. The van der Waals surface area contributed by atoms with E-state index in [-0.39, 0.29) is 12.1 Å². The third-order valence-corrected chi connectivity index (χ3v) is 5.52. The van der Waals surface area contributed by atoms with E-state index in [4.69, 9.17) is 14.7 Å². The molecule has 30 heavy (non-hydrogen) atoms. The fraction of sp³-hybridized carbons (Fsp3) is 0.455. The van der Waals surface area contributed by atoms with E-state index in [1.54, 1.807) is 19.5 Å². The molecule has 0 aliphatic heterocycles. The largest absolute Gasteiger partial charge is 0.393 e. The van der Waals surface area contributed by atoms with Gasteiger partial charge in [0.05, 0.1) is 23.6 Å². The summed E-state index contributed by atoms with van der Waals surface area (Å²) in [4.78, 5) is 18.1. The highest BCUT2D eigenvalue weighted by molar-refractivity contribution is 5.93. The third kappa shape index (κ3) is 4.66. The molecule has 8 heteroatoms. The molecule has 158 valence electrons. The quantitative estimate of drug-likeness (QED) is 0.544. The molecule has 0 spiro atoms. The Morgan fingerprint density at radius 3 is 2.63 bits per heavy atom. The molecule has 3 aromatic heterocycles. The first-order valence-electron chi connectivity index (χ1n) is 10.4. The maximum absolute atomic E-state index is 9.91. The van der Waals surface area contributed by atoms with Crippen molar-refractivity contribution in [2.45, 2.75) is 50.7 Å². The summed E-state index contributed by atoms with van der Waals surface area (Å²) in [6.07, 6.45) is 10.5. The Morgan fingerprint density at radius 1 is 1.13 bits per heavy atom. The van der Waals surface area contributed by atoms with Crippen LogP contribution >= 0.6 is 0 Å². The first-order chi connectivity index (χ1) is 14.6. The van der Waals surface area contributed by atoms with Crippen LogP contribution in [0, 0.1) is 0 Å². The highest BCUT2D eigenvalue weighted by atomic mass is 16.5. The summed E-state index contributed by atoms with van der Waals surface area (Å²) < 4.78 is 5.21. The van der Waals surface area contributed by atoms with Crippen LogP contribution < -0.4 is 10.6 Å². The molecule has 3 aromatic rings. The SMILES string of the molecule is COC[C@H](C)Nc1ncc2c(Nc3ccncc3)ncc([C@H]3CC[C@H](O)CC3)c2n1. The van der Waals surface area contributed by atoms with Crippen molar-refractivity contribution in [3.63, 3.8) is 0 Å². The predicted molar refractivity (Wildman–Crippen MR) is 117 cm³/mol. The molecule has 4 rings (SSSR count). The summed E-state index contributed by atoms with van der Waals surface area (Å²) in [5.41, 5.74) is 2.91. The normalized spacial score (nSPS) is 20.1. The van der Waals surface area contributed by atoms with Crippen molar-refractivity contribution in [3.05, 3.63) is 42.5 Å². The molecule has 8 nitrogen and oxygen atoms in total. The van der Waals surface area contributed by atoms with Gasteiger partial charge in [-0.1, -0.05) is 0 Å². The van der Waals surface area contributed by atoms with Gasteiger partial charge in [0, 0.05) is 49.2 Å². The second-order valence-corrected chi connectivity index (χ2v) is 7.89. The summed E-state index contributed by atoms with van der Waals surface area (Å²) in [5, 5.41) is 17.4. The minimum Gasteiger partial charge on any atom is -0.393 e. The van der Waals surface area contributed by atoms with Crippen molar-refractivity contribution >= 4 is 28.4 Å². The molecular weight excluding hydrogens is 380 g/mol.